The maximum Gasteiger partial charge on any atom is 0.317 e. The van der Waals surface area contributed by atoms with E-state index in [2.05, 4.69) is 0 Å². The zero-order valence-electron chi connectivity index (χ0n) is 8.06. The van der Waals surface area contributed by atoms with E-state index in [9.17, 15) is 4.79 Å². The monoisotopic (exact) mass is 202 g/mol. The zero-order valence-corrected chi connectivity index (χ0v) is 8.06. The lowest BCUT2D eigenvalue weighted by molar-refractivity contribution is -0.140. The van der Waals surface area contributed by atoms with Crippen molar-refractivity contribution in [1.82, 2.24) is 0 Å². The van der Waals surface area contributed by atoms with Crippen LogP contribution in [0.3, 0.4) is 0 Å². The van der Waals surface area contributed by atoms with Gasteiger partial charge in [0, 0.05) is 5.39 Å². The molecule has 76 valence electrons. The third-order valence-electron chi connectivity index (χ3n) is 3.06. The summed E-state index contributed by atoms with van der Waals surface area (Å²) in [6.07, 6.45) is 1.37. The molecule has 1 N–H and O–H groups in total. The number of benzene rings is 1. The van der Waals surface area contributed by atoms with Crippen molar-refractivity contribution in [2.45, 2.75) is 18.3 Å². The van der Waals surface area contributed by atoms with Gasteiger partial charge in [-0.05, 0) is 25.0 Å². The average molecular weight is 202 g/mol. The number of furan rings is 1. The van der Waals surface area contributed by atoms with Crippen LogP contribution < -0.4 is 0 Å². The van der Waals surface area contributed by atoms with E-state index >= 15 is 0 Å². The molecule has 1 fully saturated rings. The van der Waals surface area contributed by atoms with Gasteiger partial charge in [0.05, 0.1) is 0 Å². The van der Waals surface area contributed by atoms with Crippen molar-refractivity contribution in [3.05, 3.63) is 36.1 Å². The predicted octanol–water partition coefficient (Wildman–Crippen LogP) is 2.55. The molecule has 15 heavy (non-hydrogen) atoms. The Bertz CT molecular complexity index is 502. The van der Waals surface area contributed by atoms with E-state index in [1.54, 1.807) is 0 Å². The van der Waals surface area contributed by atoms with Crippen LogP contribution in [0.25, 0.3) is 11.0 Å². The molecule has 1 aromatic carbocycles. The number of carbonyl (C=O) groups is 1. The fourth-order valence-corrected chi connectivity index (χ4v) is 1.91. The van der Waals surface area contributed by atoms with Crippen molar-refractivity contribution in [3.63, 3.8) is 0 Å². The Kier molecular flexibility index (Phi) is 1.49. The second kappa shape index (κ2) is 2.63. The van der Waals surface area contributed by atoms with Crippen molar-refractivity contribution in [1.29, 1.82) is 0 Å². The second-order valence-electron chi connectivity index (χ2n) is 4.04. The first-order chi connectivity index (χ1) is 7.22. The molecule has 3 rings (SSSR count). The minimum absolute atomic E-state index is 0.594. The van der Waals surface area contributed by atoms with Crippen LogP contribution in [-0.4, -0.2) is 11.1 Å². The Labute approximate surface area is 86.3 Å². The van der Waals surface area contributed by atoms with Gasteiger partial charge in [-0.3, -0.25) is 4.79 Å². The van der Waals surface area contributed by atoms with E-state index < -0.39 is 11.4 Å². The van der Waals surface area contributed by atoms with E-state index in [0.717, 1.165) is 11.0 Å². The molecule has 0 spiro atoms. The summed E-state index contributed by atoms with van der Waals surface area (Å²) >= 11 is 0. The molecule has 0 amide bonds. The Morgan fingerprint density at radius 1 is 1.33 bits per heavy atom. The summed E-state index contributed by atoms with van der Waals surface area (Å²) in [4.78, 5) is 11.1. The molecule has 0 aliphatic heterocycles. The van der Waals surface area contributed by atoms with Crippen molar-refractivity contribution < 1.29 is 14.3 Å². The standard InChI is InChI=1S/C12H10O3/c13-11(14)12(5-6-12)10-7-8-3-1-2-4-9(8)15-10/h1-4,7H,5-6H2,(H,13,14). The van der Waals surface area contributed by atoms with Crippen molar-refractivity contribution in [2.75, 3.05) is 0 Å². The molecule has 0 saturated heterocycles. The molecule has 1 saturated carbocycles. The number of aliphatic carboxylic acids is 1. The number of hydrogen-bond acceptors (Lipinski definition) is 2. The van der Waals surface area contributed by atoms with E-state index in [1.807, 2.05) is 30.3 Å². The lowest BCUT2D eigenvalue weighted by Gasteiger charge is -2.03. The van der Waals surface area contributed by atoms with Gasteiger partial charge in [0.2, 0.25) is 0 Å². The highest BCUT2D eigenvalue weighted by Gasteiger charge is 2.54. The quantitative estimate of drug-likeness (QED) is 0.814. The van der Waals surface area contributed by atoms with Crippen LogP contribution in [0.4, 0.5) is 0 Å². The Morgan fingerprint density at radius 2 is 2.07 bits per heavy atom. The van der Waals surface area contributed by atoms with Gasteiger partial charge in [-0.15, -0.1) is 0 Å². The van der Waals surface area contributed by atoms with E-state index in [0.29, 0.717) is 18.6 Å². The van der Waals surface area contributed by atoms with Crippen LogP contribution >= 0.6 is 0 Å². The molecule has 1 heterocycles. The van der Waals surface area contributed by atoms with Gasteiger partial charge in [0.25, 0.3) is 0 Å². The molecule has 1 aliphatic rings. The number of carboxylic acid groups (broad SMARTS) is 1. The molecule has 0 radical (unpaired) electrons. The smallest absolute Gasteiger partial charge is 0.317 e. The molecule has 3 nitrogen and oxygen atoms in total. The maximum atomic E-state index is 11.1. The van der Waals surface area contributed by atoms with Gasteiger partial charge < -0.3 is 9.52 Å². The Morgan fingerprint density at radius 3 is 2.67 bits per heavy atom. The van der Waals surface area contributed by atoms with Crippen LogP contribution in [0.1, 0.15) is 18.6 Å². The summed E-state index contributed by atoms with van der Waals surface area (Å²) in [5, 5.41) is 10.1. The van der Waals surface area contributed by atoms with Gasteiger partial charge in [-0.1, -0.05) is 18.2 Å². The number of para-hydroxylation sites is 1. The highest BCUT2D eigenvalue weighted by atomic mass is 16.4. The van der Waals surface area contributed by atoms with Gasteiger partial charge in [-0.2, -0.15) is 0 Å². The topological polar surface area (TPSA) is 50.4 Å². The Hall–Kier alpha value is -1.77. The summed E-state index contributed by atoms with van der Waals surface area (Å²) in [5.74, 6) is -0.183. The molecule has 3 heteroatoms. The molecular formula is C12H10O3. The van der Waals surface area contributed by atoms with Gasteiger partial charge in [0.1, 0.15) is 16.8 Å². The summed E-state index contributed by atoms with van der Waals surface area (Å²) in [6, 6.07) is 9.44. The maximum absolute atomic E-state index is 11.1. The highest BCUT2D eigenvalue weighted by molar-refractivity contribution is 5.87. The number of rotatable bonds is 2. The van der Waals surface area contributed by atoms with Crippen LogP contribution in [-0.2, 0) is 10.2 Å². The van der Waals surface area contributed by atoms with E-state index in [1.165, 1.54) is 0 Å². The molecule has 1 aromatic heterocycles. The summed E-state index contributed by atoms with van der Waals surface area (Å²) in [5.41, 5.74) is 0.0268. The van der Waals surface area contributed by atoms with Crippen molar-refractivity contribution in [3.8, 4) is 0 Å². The SMILES string of the molecule is O=C(O)C1(c2cc3ccccc3o2)CC1. The lowest BCUT2D eigenvalue weighted by atomic mass is 10.0. The van der Waals surface area contributed by atoms with Crippen LogP contribution in [0, 0.1) is 0 Å². The molecule has 0 bridgehead atoms. The summed E-state index contributed by atoms with van der Waals surface area (Å²) in [6.45, 7) is 0. The normalized spacial score (nSPS) is 17.9. The number of fused-ring (bicyclic) bond motifs is 1. The first kappa shape index (κ1) is 8.53. The van der Waals surface area contributed by atoms with Gasteiger partial charge in [-0.25, -0.2) is 0 Å². The second-order valence-corrected chi connectivity index (χ2v) is 4.04. The molecule has 2 aromatic rings. The average Bonchev–Trinajstić information content (AvgIpc) is 2.93. The number of carboxylic acids is 1. The number of hydrogen-bond donors (Lipinski definition) is 1. The summed E-state index contributed by atoms with van der Waals surface area (Å²) in [7, 11) is 0. The third kappa shape index (κ3) is 1.09. The first-order valence-electron chi connectivity index (χ1n) is 4.95. The fraction of sp³-hybridized carbons (Fsp3) is 0.250. The van der Waals surface area contributed by atoms with E-state index in [-0.39, 0.29) is 0 Å². The first-order valence-corrected chi connectivity index (χ1v) is 4.95. The van der Waals surface area contributed by atoms with Crippen molar-refractivity contribution >= 4 is 16.9 Å². The molecular weight excluding hydrogens is 192 g/mol. The van der Waals surface area contributed by atoms with E-state index in [4.69, 9.17) is 9.52 Å². The van der Waals surface area contributed by atoms with Gasteiger partial charge in [0.15, 0.2) is 0 Å². The Balaban J connectivity index is 2.17. The van der Waals surface area contributed by atoms with Crippen LogP contribution in [0.15, 0.2) is 34.7 Å². The van der Waals surface area contributed by atoms with Gasteiger partial charge >= 0.3 is 5.97 Å². The van der Waals surface area contributed by atoms with Crippen molar-refractivity contribution in [2.24, 2.45) is 0 Å². The molecule has 0 unspecified atom stereocenters. The minimum atomic E-state index is -0.776. The van der Waals surface area contributed by atoms with Crippen LogP contribution in [0.5, 0.6) is 0 Å². The zero-order chi connectivity index (χ0) is 10.5. The summed E-state index contributed by atoms with van der Waals surface area (Å²) < 4.78 is 5.58. The molecule has 1 aliphatic carbocycles. The lowest BCUT2D eigenvalue weighted by Crippen LogP contribution is -2.18. The van der Waals surface area contributed by atoms with Crippen LogP contribution in [0.2, 0.25) is 0 Å². The highest BCUT2D eigenvalue weighted by Crippen LogP contribution is 2.49. The minimum Gasteiger partial charge on any atom is -0.480 e. The largest absolute Gasteiger partial charge is 0.480 e. The molecule has 0 atom stereocenters. The third-order valence-corrected chi connectivity index (χ3v) is 3.06. The fourth-order valence-electron chi connectivity index (χ4n) is 1.91. The predicted molar refractivity (Wildman–Crippen MR) is 54.8 cm³/mol.